The van der Waals surface area contributed by atoms with Crippen molar-refractivity contribution in [2.75, 3.05) is 37.9 Å². The number of carbonyl (C=O) groups is 3. The van der Waals surface area contributed by atoms with E-state index in [0.29, 0.717) is 43.4 Å². The fraction of sp³-hybridized carbons (Fsp3) is 0.526. The molecule has 1 aromatic carbocycles. The zero-order chi connectivity index (χ0) is 19.0. The Kier molecular flexibility index (Phi) is 4.86. The van der Waals surface area contributed by atoms with Crippen molar-refractivity contribution in [2.24, 2.45) is 11.3 Å². The van der Waals surface area contributed by atoms with E-state index in [4.69, 9.17) is 4.74 Å². The Balaban J connectivity index is 1.52. The normalized spacial score (nSPS) is 30.2. The highest BCUT2D eigenvalue weighted by Gasteiger charge is 2.56. The molecule has 1 unspecified atom stereocenters. The number of thioether (sulfide) groups is 1. The smallest absolute Gasteiger partial charge is 0.311 e. The van der Waals surface area contributed by atoms with Crippen LogP contribution in [0.15, 0.2) is 30.3 Å². The summed E-state index contributed by atoms with van der Waals surface area (Å²) in [4.78, 5) is 41.2. The van der Waals surface area contributed by atoms with E-state index in [1.54, 1.807) is 45.8 Å². The van der Waals surface area contributed by atoms with Gasteiger partial charge in [-0.2, -0.15) is 0 Å². The van der Waals surface area contributed by atoms with Crippen molar-refractivity contribution in [3.63, 3.8) is 0 Å². The molecule has 8 heteroatoms. The maximum absolute atomic E-state index is 13.2. The van der Waals surface area contributed by atoms with Gasteiger partial charge in [0.2, 0.25) is 5.91 Å². The van der Waals surface area contributed by atoms with Crippen LogP contribution in [0.4, 0.5) is 0 Å². The molecule has 3 atom stereocenters. The lowest BCUT2D eigenvalue weighted by atomic mass is 9.74. The second-order valence-corrected chi connectivity index (χ2v) is 8.36. The molecule has 7 nitrogen and oxygen atoms in total. The molecular formula is C19H22N2O5S. The Bertz CT molecular complexity index is 758. The van der Waals surface area contributed by atoms with Crippen molar-refractivity contribution in [2.45, 2.75) is 12.5 Å². The zero-order valence-corrected chi connectivity index (χ0v) is 15.7. The Morgan fingerprint density at radius 1 is 1.22 bits per heavy atom. The quantitative estimate of drug-likeness (QED) is 0.833. The Hall–Kier alpha value is -2.06. The van der Waals surface area contributed by atoms with E-state index < -0.39 is 17.4 Å². The number of carboxylic acids is 1. The van der Waals surface area contributed by atoms with Gasteiger partial charge < -0.3 is 19.6 Å². The number of benzene rings is 1. The average Bonchev–Trinajstić information content (AvgIpc) is 3.33. The summed E-state index contributed by atoms with van der Waals surface area (Å²) in [6, 6.07) is 8.39. The molecule has 2 amide bonds. The number of hydrogen-bond donors (Lipinski definition) is 1. The molecule has 3 heterocycles. The van der Waals surface area contributed by atoms with Crippen molar-refractivity contribution in [1.29, 1.82) is 0 Å². The van der Waals surface area contributed by atoms with Crippen LogP contribution >= 0.6 is 11.8 Å². The molecule has 0 bridgehead atoms. The molecule has 27 heavy (non-hydrogen) atoms. The topological polar surface area (TPSA) is 87.2 Å². The van der Waals surface area contributed by atoms with Gasteiger partial charge in [-0.25, -0.2) is 0 Å². The van der Waals surface area contributed by atoms with Gasteiger partial charge >= 0.3 is 5.97 Å². The molecule has 3 fully saturated rings. The Labute approximate surface area is 161 Å². The number of amides is 2. The first-order chi connectivity index (χ1) is 13.0. The molecule has 0 saturated carbocycles. The van der Waals surface area contributed by atoms with Crippen LogP contribution in [0, 0.1) is 11.3 Å². The zero-order valence-electron chi connectivity index (χ0n) is 14.9. The van der Waals surface area contributed by atoms with Crippen molar-refractivity contribution >= 4 is 29.5 Å². The number of nitrogens with zero attached hydrogens (tertiary/aromatic N) is 2. The Morgan fingerprint density at radius 3 is 2.70 bits per heavy atom. The fourth-order valence-electron chi connectivity index (χ4n) is 4.27. The standard InChI is InChI=1S/C19H22N2O5S/c22-16(13-4-2-1-3-5-13)21-12-27-10-15(21)17(23)20-8-14-9-26-7-6-19(14,11-20)18(24)25/h1-5,14-15H,6-12H2,(H,24,25)/t14-,15?,19+/m0/s1. The van der Waals surface area contributed by atoms with Crippen LogP contribution in [0.2, 0.25) is 0 Å². The minimum atomic E-state index is -0.923. The molecule has 1 N–H and O–H groups in total. The summed E-state index contributed by atoms with van der Waals surface area (Å²) in [5, 5.41) is 9.79. The third-order valence-electron chi connectivity index (χ3n) is 5.89. The Morgan fingerprint density at radius 2 is 2.00 bits per heavy atom. The third kappa shape index (κ3) is 3.10. The van der Waals surface area contributed by atoms with Crippen LogP contribution in [0.5, 0.6) is 0 Å². The first kappa shape index (κ1) is 18.3. The lowest BCUT2D eigenvalue weighted by Crippen LogP contribution is -2.49. The number of rotatable bonds is 3. The molecule has 3 aliphatic heterocycles. The molecule has 144 valence electrons. The summed E-state index contributed by atoms with van der Waals surface area (Å²) in [6.07, 6.45) is 0.420. The fourth-order valence-corrected chi connectivity index (χ4v) is 5.42. The second-order valence-electron chi connectivity index (χ2n) is 7.36. The molecule has 0 radical (unpaired) electrons. The molecule has 3 aliphatic rings. The van der Waals surface area contributed by atoms with Crippen LogP contribution in [-0.2, 0) is 14.3 Å². The number of aliphatic carboxylic acids is 1. The number of ether oxygens (including phenoxy) is 1. The van der Waals surface area contributed by atoms with E-state index in [1.807, 2.05) is 6.07 Å². The van der Waals surface area contributed by atoms with E-state index in [1.165, 1.54) is 0 Å². The van der Waals surface area contributed by atoms with Crippen molar-refractivity contribution in [1.82, 2.24) is 9.80 Å². The van der Waals surface area contributed by atoms with Gasteiger partial charge in [-0.1, -0.05) is 18.2 Å². The minimum Gasteiger partial charge on any atom is -0.481 e. The van der Waals surface area contributed by atoms with Crippen LogP contribution in [0.3, 0.4) is 0 Å². The molecule has 4 rings (SSSR count). The second kappa shape index (κ2) is 7.16. The predicted molar refractivity (Wildman–Crippen MR) is 99.3 cm³/mol. The maximum Gasteiger partial charge on any atom is 0.311 e. The third-order valence-corrected chi connectivity index (χ3v) is 6.91. The monoisotopic (exact) mass is 390 g/mol. The lowest BCUT2D eigenvalue weighted by Gasteiger charge is -2.34. The molecule has 0 aliphatic carbocycles. The first-order valence-electron chi connectivity index (χ1n) is 9.06. The van der Waals surface area contributed by atoms with E-state index in [2.05, 4.69) is 0 Å². The molecular weight excluding hydrogens is 368 g/mol. The van der Waals surface area contributed by atoms with E-state index >= 15 is 0 Å². The number of hydrogen-bond acceptors (Lipinski definition) is 5. The largest absolute Gasteiger partial charge is 0.481 e. The predicted octanol–water partition coefficient (Wildman–Crippen LogP) is 1.15. The van der Waals surface area contributed by atoms with Gasteiger partial charge in [0.15, 0.2) is 0 Å². The van der Waals surface area contributed by atoms with Gasteiger partial charge in [0.1, 0.15) is 6.04 Å². The summed E-state index contributed by atoms with van der Waals surface area (Å²) >= 11 is 1.55. The average molecular weight is 390 g/mol. The van der Waals surface area contributed by atoms with Gasteiger partial charge in [0, 0.05) is 36.9 Å². The van der Waals surface area contributed by atoms with Gasteiger partial charge in [-0.05, 0) is 18.6 Å². The van der Waals surface area contributed by atoms with Crippen LogP contribution in [-0.4, -0.2) is 76.7 Å². The van der Waals surface area contributed by atoms with Crippen LogP contribution in [0.25, 0.3) is 0 Å². The minimum absolute atomic E-state index is 0.153. The first-order valence-corrected chi connectivity index (χ1v) is 10.2. The van der Waals surface area contributed by atoms with Crippen molar-refractivity contribution in [3.8, 4) is 0 Å². The lowest BCUT2D eigenvalue weighted by molar-refractivity contribution is -0.157. The van der Waals surface area contributed by atoms with Gasteiger partial charge in [-0.3, -0.25) is 14.4 Å². The molecule has 0 aromatic heterocycles. The highest BCUT2D eigenvalue weighted by molar-refractivity contribution is 7.99. The summed E-state index contributed by atoms with van der Waals surface area (Å²) < 4.78 is 5.46. The summed E-state index contributed by atoms with van der Waals surface area (Å²) in [6.45, 7) is 1.34. The van der Waals surface area contributed by atoms with E-state index in [0.717, 1.165) is 0 Å². The maximum atomic E-state index is 13.2. The number of carboxylic acid groups (broad SMARTS) is 1. The van der Waals surface area contributed by atoms with Crippen molar-refractivity contribution < 1.29 is 24.2 Å². The highest BCUT2D eigenvalue weighted by Crippen LogP contribution is 2.43. The van der Waals surface area contributed by atoms with Crippen LogP contribution in [0.1, 0.15) is 16.8 Å². The summed E-state index contributed by atoms with van der Waals surface area (Å²) in [7, 11) is 0. The number of carbonyl (C=O) groups excluding carboxylic acids is 2. The van der Waals surface area contributed by atoms with Crippen molar-refractivity contribution in [3.05, 3.63) is 35.9 Å². The van der Waals surface area contributed by atoms with Crippen LogP contribution < -0.4 is 0 Å². The van der Waals surface area contributed by atoms with E-state index in [-0.39, 0.29) is 24.3 Å². The SMILES string of the molecule is O=C(C1CSCN1C(=O)c1ccccc1)N1C[C@H]2COCC[C@@]2(C(=O)O)C1. The number of likely N-dealkylation sites (tertiary alicyclic amines) is 1. The number of fused-ring (bicyclic) bond motifs is 1. The van der Waals surface area contributed by atoms with Gasteiger partial charge in [0.05, 0.1) is 17.9 Å². The van der Waals surface area contributed by atoms with E-state index in [9.17, 15) is 19.5 Å². The van der Waals surface area contributed by atoms with Gasteiger partial charge in [0.25, 0.3) is 5.91 Å². The van der Waals surface area contributed by atoms with Gasteiger partial charge in [-0.15, -0.1) is 11.8 Å². The summed E-state index contributed by atoms with van der Waals surface area (Å²) in [5.41, 5.74) is -0.364. The highest BCUT2D eigenvalue weighted by atomic mass is 32.2. The molecule has 1 aromatic rings. The summed E-state index contributed by atoms with van der Waals surface area (Å²) in [5.74, 6) is -0.362. The molecule has 3 saturated heterocycles. The molecule has 0 spiro atoms.